The zero-order valence-electron chi connectivity index (χ0n) is 20.6. The molecular weight excluding hydrogens is 475 g/mol. The molecule has 8 nitrogen and oxygen atoms in total. The second-order valence-corrected chi connectivity index (χ2v) is 9.24. The molecule has 0 radical (unpaired) electrons. The van der Waals surface area contributed by atoms with Crippen LogP contribution in [-0.4, -0.2) is 75.8 Å². The van der Waals surface area contributed by atoms with Crippen LogP contribution in [0.3, 0.4) is 0 Å². The number of amides is 1. The van der Waals surface area contributed by atoms with Gasteiger partial charge >= 0.3 is 0 Å². The first-order chi connectivity index (χ1) is 18.0. The van der Waals surface area contributed by atoms with Gasteiger partial charge in [0.05, 0.1) is 48.0 Å². The minimum atomic E-state index is -0.829. The number of morpholine rings is 1. The number of aliphatic hydroxyl groups excluding tert-OH is 1. The highest BCUT2D eigenvalue weighted by Crippen LogP contribution is 2.40. The summed E-state index contributed by atoms with van der Waals surface area (Å²) in [7, 11) is 0. The van der Waals surface area contributed by atoms with E-state index in [1.807, 2.05) is 30.3 Å². The molecule has 1 aromatic heterocycles. The lowest BCUT2D eigenvalue weighted by atomic mass is 9.95. The van der Waals surface area contributed by atoms with Gasteiger partial charge in [-0.3, -0.25) is 14.5 Å². The topological polar surface area (TPSA) is 87.9 Å². The third-order valence-corrected chi connectivity index (χ3v) is 6.97. The lowest BCUT2D eigenvalue weighted by Gasteiger charge is -2.29. The van der Waals surface area contributed by atoms with Gasteiger partial charge < -0.3 is 14.7 Å². The number of halogens is 1. The van der Waals surface area contributed by atoms with E-state index in [2.05, 4.69) is 10.00 Å². The van der Waals surface area contributed by atoms with Crippen molar-refractivity contribution in [2.45, 2.75) is 19.4 Å². The molecule has 3 heterocycles. The molecule has 0 saturated carbocycles. The predicted molar refractivity (Wildman–Crippen MR) is 136 cm³/mol. The van der Waals surface area contributed by atoms with E-state index in [4.69, 9.17) is 4.74 Å². The molecule has 1 N–H and O–H groups in total. The third kappa shape index (κ3) is 4.92. The zero-order chi connectivity index (χ0) is 25.9. The molecular formula is C28H29FN4O4. The molecule has 2 fully saturated rings. The maximum absolute atomic E-state index is 13.7. The van der Waals surface area contributed by atoms with Gasteiger partial charge in [-0.15, -0.1) is 0 Å². The normalized spacial score (nSPS) is 20.1. The van der Waals surface area contributed by atoms with Gasteiger partial charge in [-0.1, -0.05) is 30.3 Å². The zero-order valence-corrected chi connectivity index (χ0v) is 20.6. The van der Waals surface area contributed by atoms with Crippen LogP contribution < -0.4 is 0 Å². The van der Waals surface area contributed by atoms with Crippen molar-refractivity contribution in [1.82, 2.24) is 19.6 Å². The molecule has 0 spiro atoms. The van der Waals surface area contributed by atoms with E-state index < -0.39 is 23.5 Å². The molecule has 2 aromatic carbocycles. The molecule has 2 aliphatic rings. The van der Waals surface area contributed by atoms with Crippen molar-refractivity contribution in [3.63, 3.8) is 0 Å². The monoisotopic (exact) mass is 504 g/mol. The number of aromatic nitrogens is 2. The first kappa shape index (κ1) is 24.9. The number of rotatable bonds is 7. The van der Waals surface area contributed by atoms with Crippen LogP contribution in [0.4, 0.5) is 4.39 Å². The quantitative estimate of drug-likeness (QED) is 0.301. The number of Topliss-reactive ketones (excluding diaryl/α,β-unsaturated/α-hetero) is 1. The first-order valence-electron chi connectivity index (χ1n) is 12.4. The number of carbonyl (C=O) groups is 2. The van der Waals surface area contributed by atoms with Gasteiger partial charge in [0.2, 0.25) is 0 Å². The molecule has 5 rings (SSSR count). The van der Waals surface area contributed by atoms with Gasteiger partial charge in [0.15, 0.2) is 0 Å². The van der Waals surface area contributed by atoms with E-state index in [1.165, 1.54) is 23.2 Å². The largest absolute Gasteiger partial charge is 0.507 e. The lowest BCUT2D eigenvalue weighted by molar-refractivity contribution is -0.140. The van der Waals surface area contributed by atoms with Gasteiger partial charge in [-0.2, -0.15) is 5.10 Å². The number of hydrogen-bond acceptors (Lipinski definition) is 6. The Bertz CT molecular complexity index is 1310. The van der Waals surface area contributed by atoms with Crippen LogP contribution >= 0.6 is 0 Å². The van der Waals surface area contributed by atoms with Crippen molar-refractivity contribution in [3.05, 3.63) is 89.0 Å². The van der Waals surface area contributed by atoms with E-state index in [1.54, 1.807) is 23.7 Å². The Morgan fingerprint density at radius 1 is 1.05 bits per heavy atom. The highest BCUT2D eigenvalue weighted by molar-refractivity contribution is 6.46. The van der Waals surface area contributed by atoms with Crippen molar-refractivity contribution in [2.24, 2.45) is 0 Å². The molecule has 1 amide bonds. The maximum Gasteiger partial charge on any atom is 0.295 e. The standard InChI is InChI=1S/C28H29FN4O4/c1-19-23(18-30-33(19)22-6-3-2-4-7-22)26(34)24-25(20-8-10-21(29)11-9-20)32(28(36)27(24)35)13-5-12-31-14-16-37-17-15-31/h2-4,6-11,18,25,34H,5,12-17H2,1H3/b26-24+/t25-/m0/s1. The van der Waals surface area contributed by atoms with E-state index in [9.17, 15) is 19.1 Å². The average molecular weight is 505 g/mol. The molecule has 2 saturated heterocycles. The number of hydrogen-bond donors (Lipinski definition) is 1. The van der Waals surface area contributed by atoms with Gasteiger partial charge in [0.25, 0.3) is 11.7 Å². The van der Waals surface area contributed by atoms with Crippen molar-refractivity contribution in [3.8, 4) is 5.69 Å². The highest BCUT2D eigenvalue weighted by atomic mass is 19.1. The van der Waals surface area contributed by atoms with Crippen molar-refractivity contribution >= 4 is 17.4 Å². The number of ether oxygens (including phenoxy) is 1. The van der Waals surface area contributed by atoms with Gasteiger partial charge in [-0.05, 0) is 43.2 Å². The number of nitrogens with zero attached hydrogens (tertiary/aromatic N) is 4. The third-order valence-electron chi connectivity index (χ3n) is 6.97. The first-order valence-corrected chi connectivity index (χ1v) is 12.4. The van der Waals surface area contributed by atoms with Crippen molar-refractivity contribution in [2.75, 3.05) is 39.4 Å². The second-order valence-electron chi connectivity index (χ2n) is 9.24. The van der Waals surface area contributed by atoms with Crippen LogP contribution in [-0.2, 0) is 14.3 Å². The van der Waals surface area contributed by atoms with Crippen molar-refractivity contribution in [1.29, 1.82) is 0 Å². The van der Waals surface area contributed by atoms with E-state index in [0.29, 0.717) is 43.0 Å². The van der Waals surface area contributed by atoms with E-state index in [-0.39, 0.29) is 11.3 Å². The summed E-state index contributed by atoms with van der Waals surface area (Å²) in [6.45, 7) is 5.87. The fourth-order valence-corrected chi connectivity index (χ4v) is 5.01. The van der Waals surface area contributed by atoms with Crippen LogP contribution in [0.1, 0.15) is 29.3 Å². The van der Waals surface area contributed by atoms with Crippen LogP contribution in [0.15, 0.2) is 66.4 Å². The van der Waals surface area contributed by atoms with Gasteiger partial charge in [-0.25, -0.2) is 9.07 Å². The summed E-state index contributed by atoms with van der Waals surface area (Å²) in [5, 5.41) is 15.8. The smallest absolute Gasteiger partial charge is 0.295 e. The number of carbonyl (C=O) groups excluding carboxylic acids is 2. The number of ketones is 1. The Labute approximate surface area is 214 Å². The van der Waals surface area contributed by atoms with Crippen LogP contribution in [0, 0.1) is 12.7 Å². The summed E-state index contributed by atoms with van der Waals surface area (Å²) < 4.78 is 20.8. The molecule has 37 heavy (non-hydrogen) atoms. The van der Waals surface area contributed by atoms with Crippen LogP contribution in [0.25, 0.3) is 11.4 Å². The molecule has 0 bridgehead atoms. The molecule has 3 aromatic rings. The van der Waals surface area contributed by atoms with Gasteiger partial charge in [0.1, 0.15) is 11.6 Å². The van der Waals surface area contributed by atoms with Gasteiger partial charge in [0, 0.05) is 26.2 Å². The van der Waals surface area contributed by atoms with Crippen molar-refractivity contribution < 1.29 is 23.8 Å². The minimum Gasteiger partial charge on any atom is -0.507 e. The molecule has 192 valence electrons. The summed E-state index contributed by atoms with van der Waals surface area (Å²) in [6, 6.07) is 14.3. The Balaban J connectivity index is 1.50. The molecule has 9 heteroatoms. The van der Waals surface area contributed by atoms with E-state index in [0.717, 1.165) is 25.3 Å². The Hall–Kier alpha value is -3.82. The second kappa shape index (κ2) is 10.7. The number of benzene rings is 2. The summed E-state index contributed by atoms with van der Waals surface area (Å²) in [5.74, 6) is -2.15. The maximum atomic E-state index is 13.7. The molecule has 2 aliphatic heterocycles. The Morgan fingerprint density at radius 2 is 1.76 bits per heavy atom. The summed E-state index contributed by atoms with van der Waals surface area (Å²) in [5.41, 5.74) is 2.33. The van der Waals surface area contributed by atoms with E-state index >= 15 is 0 Å². The summed E-state index contributed by atoms with van der Waals surface area (Å²) in [4.78, 5) is 30.2. The highest BCUT2D eigenvalue weighted by Gasteiger charge is 2.46. The minimum absolute atomic E-state index is 0.0151. The lowest BCUT2D eigenvalue weighted by Crippen LogP contribution is -2.38. The number of para-hydroxylation sites is 1. The Kier molecular flexibility index (Phi) is 7.16. The molecule has 0 unspecified atom stereocenters. The number of likely N-dealkylation sites (tertiary alicyclic amines) is 1. The van der Waals surface area contributed by atoms with Crippen LogP contribution in [0.2, 0.25) is 0 Å². The van der Waals surface area contributed by atoms with Crippen LogP contribution in [0.5, 0.6) is 0 Å². The Morgan fingerprint density at radius 3 is 2.46 bits per heavy atom. The average Bonchev–Trinajstić information content (AvgIpc) is 3.42. The summed E-state index contributed by atoms with van der Waals surface area (Å²) in [6.07, 6.45) is 2.14. The molecule has 1 atom stereocenters. The number of aliphatic hydroxyl groups is 1. The SMILES string of the molecule is Cc1c(/C(O)=C2\C(=O)C(=O)N(CCCN3CCOCC3)[C@H]2c2ccc(F)cc2)cnn1-c1ccccc1. The summed E-state index contributed by atoms with van der Waals surface area (Å²) >= 11 is 0. The fourth-order valence-electron chi connectivity index (χ4n) is 5.01. The fraction of sp³-hybridized carbons (Fsp3) is 0.321. The molecule has 0 aliphatic carbocycles. The predicted octanol–water partition coefficient (Wildman–Crippen LogP) is 3.46.